The molecule has 2 aromatic rings. The normalized spacial score (nSPS) is 11.7. The summed E-state index contributed by atoms with van der Waals surface area (Å²) in [5, 5.41) is 0. The molecule has 0 amide bonds. The summed E-state index contributed by atoms with van der Waals surface area (Å²) < 4.78 is 56.3. The van der Waals surface area contributed by atoms with Crippen LogP contribution in [-0.2, 0) is 14.6 Å². The molecule has 0 spiro atoms. The number of aryl methyl sites for hydroxylation is 1. The van der Waals surface area contributed by atoms with Gasteiger partial charge in [0.05, 0.1) is 35.3 Å². The molecule has 2 rings (SSSR count). The lowest BCUT2D eigenvalue weighted by Gasteiger charge is -2.14. The first-order valence-corrected chi connectivity index (χ1v) is 8.29. The Kier molecular flexibility index (Phi) is 4.51. The predicted octanol–water partition coefficient (Wildman–Crippen LogP) is 2.31. The monoisotopic (exact) mass is 344 g/mol. The number of imidazole rings is 1. The van der Waals surface area contributed by atoms with Crippen LogP contribution in [0.1, 0.15) is 28.0 Å². The second-order valence-electron chi connectivity index (χ2n) is 4.89. The van der Waals surface area contributed by atoms with Gasteiger partial charge in [0.15, 0.2) is 9.84 Å². The van der Waals surface area contributed by atoms with E-state index in [9.17, 15) is 22.0 Å². The van der Waals surface area contributed by atoms with Crippen LogP contribution in [0.15, 0.2) is 29.6 Å². The molecule has 0 atom stereocenters. The maximum absolute atomic E-state index is 13.3. The first-order chi connectivity index (χ1) is 10.6. The molecule has 0 saturated carbocycles. The average Bonchev–Trinajstić information content (AvgIpc) is 2.90. The van der Waals surface area contributed by atoms with Crippen LogP contribution in [0.5, 0.6) is 0 Å². The van der Waals surface area contributed by atoms with E-state index >= 15 is 0 Å². The van der Waals surface area contributed by atoms with Gasteiger partial charge in [0, 0.05) is 18.0 Å². The minimum atomic E-state index is -3.78. The summed E-state index contributed by atoms with van der Waals surface area (Å²) in [6.45, 7) is 1.67. The van der Waals surface area contributed by atoms with Crippen LogP contribution in [0.4, 0.5) is 8.78 Å². The van der Waals surface area contributed by atoms with Crippen molar-refractivity contribution in [2.24, 2.45) is 0 Å². The van der Waals surface area contributed by atoms with Crippen molar-refractivity contribution in [3.63, 3.8) is 0 Å². The first-order valence-electron chi connectivity index (χ1n) is 6.40. The number of halogens is 2. The molecule has 0 radical (unpaired) electrons. The van der Waals surface area contributed by atoms with E-state index in [0.29, 0.717) is 5.69 Å². The molecule has 1 heterocycles. The molecular weight excluding hydrogens is 330 g/mol. The molecule has 9 heteroatoms. The molecule has 0 aliphatic heterocycles. The number of methoxy groups -OCH3 is 1. The van der Waals surface area contributed by atoms with Crippen LogP contribution in [0, 0.1) is 6.92 Å². The zero-order valence-electron chi connectivity index (χ0n) is 12.6. The Bertz CT molecular complexity index is 860. The van der Waals surface area contributed by atoms with Crippen molar-refractivity contribution in [1.29, 1.82) is 0 Å². The van der Waals surface area contributed by atoms with Gasteiger partial charge in [-0.25, -0.2) is 27.0 Å². The number of nitrogens with zero attached hydrogens (tertiary/aromatic N) is 2. The van der Waals surface area contributed by atoms with Gasteiger partial charge in [-0.15, -0.1) is 0 Å². The van der Waals surface area contributed by atoms with E-state index in [0.717, 1.165) is 25.5 Å². The van der Waals surface area contributed by atoms with Gasteiger partial charge in [-0.1, -0.05) is 0 Å². The molecule has 124 valence electrons. The summed E-state index contributed by atoms with van der Waals surface area (Å²) in [7, 11) is -2.75. The molecule has 6 nitrogen and oxygen atoms in total. The SMILES string of the molecule is COC(=O)c1cc(S(C)(=O)=O)c(-n2cnc(C)c2)cc1C(F)F. The van der Waals surface area contributed by atoms with Crippen molar-refractivity contribution in [3.8, 4) is 5.69 Å². The number of sulfone groups is 1. The third-order valence-corrected chi connectivity index (χ3v) is 4.29. The highest BCUT2D eigenvalue weighted by Gasteiger charge is 2.26. The predicted molar refractivity (Wildman–Crippen MR) is 77.7 cm³/mol. The van der Waals surface area contributed by atoms with E-state index < -0.39 is 33.4 Å². The number of hydrogen-bond donors (Lipinski definition) is 0. The van der Waals surface area contributed by atoms with E-state index in [-0.39, 0.29) is 10.6 Å². The van der Waals surface area contributed by atoms with E-state index in [4.69, 9.17) is 0 Å². The number of alkyl halides is 2. The summed E-state index contributed by atoms with van der Waals surface area (Å²) >= 11 is 0. The lowest BCUT2D eigenvalue weighted by molar-refractivity contribution is 0.0589. The molecular formula is C14H14F2N2O4S. The average molecular weight is 344 g/mol. The Balaban J connectivity index is 2.85. The lowest BCUT2D eigenvalue weighted by Crippen LogP contribution is -2.12. The fourth-order valence-electron chi connectivity index (χ4n) is 2.10. The number of hydrogen-bond acceptors (Lipinski definition) is 5. The topological polar surface area (TPSA) is 78.3 Å². The van der Waals surface area contributed by atoms with Gasteiger partial charge in [0.1, 0.15) is 0 Å². The number of rotatable bonds is 4. The lowest BCUT2D eigenvalue weighted by atomic mass is 10.1. The molecule has 23 heavy (non-hydrogen) atoms. The fourth-order valence-corrected chi connectivity index (χ4v) is 2.98. The van der Waals surface area contributed by atoms with Gasteiger partial charge in [-0.05, 0) is 19.1 Å². The largest absolute Gasteiger partial charge is 0.465 e. The third kappa shape index (κ3) is 3.39. The van der Waals surface area contributed by atoms with Gasteiger partial charge >= 0.3 is 5.97 Å². The molecule has 0 saturated heterocycles. The number of carbonyl (C=O) groups is 1. The third-order valence-electron chi connectivity index (χ3n) is 3.16. The van der Waals surface area contributed by atoms with Crippen molar-refractivity contribution in [3.05, 3.63) is 41.5 Å². The number of aromatic nitrogens is 2. The van der Waals surface area contributed by atoms with Crippen molar-refractivity contribution >= 4 is 15.8 Å². The van der Waals surface area contributed by atoms with Crippen molar-refractivity contribution < 1.29 is 26.7 Å². The smallest absolute Gasteiger partial charge is 0.338 e. The maximum Gasteiger partial charge on any atom is 0.338 e. The Hall–Kier alpha value is -2.29. The quantitative estimate of drug-likeness (QED) is 0.796. The minimum absolute atomic E-state index is 0.00365. The Morgan fingerprint density at radius 2 is 2.00 bits per heavy atom. The Labute approximate surface area is 131 Å². The second-order valence-corrected chi connectivity index (χ2v) is 6.88. The van der Waals surface area contributed by atoms with E-state index in [1.54, 1.807) is 6.92 Å². The fraction of sp³-hybridized carbons (Fsp3) is 0.286. The van der Waals surface area contributed by atoms with Gasteiger partial charge in [-0.3, -0.25) is 0 Å². The number of carbonyl (C=O) groups excluding carboxylic acids is 1. The van der Waals surface area contributed by atoms with Crippen molar-refractivity contribution in [2.45, 2.75) is 18.2 Å². The number of esters is 1. The van der Waals surface area contributed by atoms with E-state index in [1.165, 1.54) is 17.1 Å². The summed E-state index contributed by atoms with van der Waals surface area (Å²) in [5.41, 5.74) is -0.509. The Morgan fingerprint density at radius 1 is 1.35 bits per heavy atom. The van der Waals surface area contributed by atoms with Gasteiger partial charge in [0.25, 0.3) is 6.43 Å². The number of benzene rings is 1. The van der Waals surface area contributed by atoms with Crippen LogP contribution >= 0.6 is 0 Å². The molecule has 0 bridgehead atoms. The highest BCUT2D eigenvalue weighted by atomic mass is 32.2. The van der Waals surface area contributed by atoms with Crippen LogP contribution in [-0.4, -0.2) is 37.3 Å². The molecule has 0 fully saturated rings. The van der Waals surface area contributed by atoms with Gasteiger partial charge in [0.2, 0.25) is 0 Å². The summed E-state index contributed by atoms with van der Waals surface area (Å²) in [6.07, 6.45) is 0.767. The minimum Gasteiger partial charge on any atom is -0.465 e. The first kappa shape index (κ1) is 17.1. The second kappa shape index (κ2) is 6.07. The van der Waals surface area contributed by atoms with E-state index in [2.05, 4.69) is 9.72 Å². The summed E-state index contributed by atoms with van der Waals surface area (Å²) in [4.78, 5) is 15.4. The van der Waals surface area contributed by atoms with Gasteiger partial charge < -0.3 is 9.30 Å². The van der Waals surface area contributed by atoms with Crippen LogP contribution in [0.3, 0.4) is 0 Å². The zero-order valence-corrected chi connectivity index (χ0v) is 13.4. The maximum atomic E-state index is 13.3. The Morgan fingerprint density at radius 3 is 2.43 bits per heavy atom. The molecule has 1 aromatic carbocycles. The highest BCUT2D eigenvalue weighted by Crippen LogP contribution is 2.31. The summed E-state index contributed by atoms with van der Waals surface area (Å²) in [5.74, 6) is -1.03. The van der Waals surface area contributed by atoms with Crippen molar-refractivity contribution in [2.75, 3.05) is 13.4 Å². The van der Waals surface area contributed by atoms with Crippen molar-refractivity contribution in [1.82, 2.24) is 9.55 Å². The molecule has 0 aliphatic rings. The molecule has 0 unspecified atom stereocenters. The molecule has 0 N–H and O–H groups in total. The van der Waals surface area contributed by atoms with Gasteiger partial charge in [-0.2, -0.15) is 0 Å². The standard InChI is InChI=1S/C14H14F2N2O4S/c1-8-6-18(7-17-8)11-4-9(13(15)16)10(14(19)22-2)5-12(11)23(3,20)21/h4-7,13H,1-3H3. The van der Waals surface area contributed by atoms with E-state index in [1.807, 2.05) is 0 Å². The number of ether oxygens (including phenoxy) is 1. The summed E-state index contributed by atoms with van der Waals surface area (Å²) in [6, 6.07) is 1.88. The highest BCUT2D eigenvalue weighted by molar-refractivity contribution is 7.90. The van der Waals surface area contributed by atoms with Crippen LogP contribution in [0.25, 0.3) is 5.69 Å². The zero-order chi connectivity index (χ0) is 17.4. The van der Waals surface area contributed by atoms with Crippen LogP contribution < -0.4 is 0 Å². The molecule has 0 aliphatic carbocycles. The molecule has 1 aromatic heterocycles. The van der Waals surface area contributed by atoms with Crippen LogP contribution in [0.2, 0.25) is 0 Å².